The van der Waals surface area contributed by atoms with E-state index in [0.717, 1.165) is 30.4 Å². The molecular weight excluding hydrogens is 266 g/mol. The molecule has 0 aliphatic heterocycles. The molecular formula is C16H23N3O2. The van der Waals surface area contributed by atoms with Gasteiger partial charge in [-0.1, -0.05) is 25.5 Å². The second-order valence-electron chi connectivity index (χ2n) is 5.24. The highest BCUT2D eigenvalue weighted by Crippen LogP contribution is 2.11. The number of aromatic nitrogens is 2. The maximum absolute atomic E-state index is 12.4. The number of hydrogen-bond acceptors (Lipinski definition) is 2. The number of imidazole rings is 1. The molecule has 1 heterocycles. The summed E-state index contributed by atoms with van der Waals surface area (Å²) in [5.41, 5.74) is 1.52. The number of rotatable bonds is 6. The molecule has 0 spiro atoms. The van der Waals surface area contributed by atoms with Crippen LogP contribution in [-0.2, 0) is 18.4 Å². The van der Waals surface area contributed by atoms with E-state index in [1.54, 1.807) is 16.2 Å². The number of unbranched alkanes of at least 4 members (excludes halogenated alkanes) is 1. The molecule has 5 nitrogen and oxygen atoms in total. The fourth-order valence-corrected chi connectivity index (χ4v) is 2.56. The quantitative estimate of drug-likeness (QED) is 0.816. The molecule has 0 radical (unpaired) electrons. The van der Waals surface area contributed by atoms with Gasteiger partial charge in [-0.2, -0.15) is 0 Å². The van der Waals surface area contributed by atoms with Crippen molar-refractivity contribution in [2.75, 3.05) is 13.1 Å². The molecule has 21 heavy (non-hydrogen) atoms. The summed E-state index contributed by atoms with van der Waals surface area (Å²) in [5, 5.41) is 0. The number of carbonyl (C=O) groups excluding carboxylic acids is 1. The van der Waals surface area contributed by atoms with Gasteiger partial charge in [-0.05, 0) is 25.5 Å². The lowest BCUT2D eigenvalue weighted by molar-refractivity contribution is -0.131. The van der Waals surface area contributed by atoms with Gasteiger partial charge in [0.1, 0.15) is 6.54 Å². The molecule has 0 aliphatic carbocycles. The summed E-state index contributed by atoms with van der Waals surface area (Å²) in [7, 11) is 1.74. The van der Waals surface area contributed by atoms with Crippen molar-refractivity contribution in [1.82, 2.24) is 14.0 Å². The molecule has 5 heteroatoms. The first-order chi connectivity index (χ1) is 10.1. The predicted molar refractivity (Wildman–Crippen MR) is 84.3 cm³/mol. The first kappa shape index (κ1) is 15.4. The first-order valence-electron chi connectivity index (χ1n) is 7.52. The van der Waals surface area contributed by atoms with E-state index in [0.29, 0.717) is 6.54 Å². The summed E-state index contributed by atoms with van der Waals surface area (Å²) in [6, 6.07) is 7.56. The summed E-state index contributed by atoms with van der Waals surface area (Å²) in [5.74, 6) is 0.00408. The molecule has 0 saturated carbocycles. The highest BCUT2D eigenvalue weighted by atomic mass is 16.2. The van der Waals surface area contributed by atoms with E-state index in [9.17, 15) is 9.59 Å². The molecule has 0 unspecified atom stereocenters. The molecule has 0 atom stereocenters. The van der Waals surface area contributed by atoms with Crippen molar-refractivity contribution in [2.24, 2.45) is 7.05 Å². The molecule has 0 N–H and O–H groups in total. The molecule has 2 aromatic rings. The number of likely N-dealkylation sites (N-methyl/N-ethyl adjacent to an activating group) is 1. The second-order valence-corrected chi connectivity index (χ2v) is 5.24. The first-order valence-corrected chi connectivity index (χ1v) is 7.52. The van der Waals surface area contributed by atoms with Crippen LogP contribution in [0.25, 0.3) is 11.0 Å². The van der Waals surface area contributed by atoms with Crippen molar-refractivity contribution in [1.29, 1.82) is 0 Å². The van der Waals surface area contributed by atoms with E-state index >= 15 is 0 Å². The lowest BCUT2D eigenvalue weighted by Crippen LogP contribution is -2.37. The number of fused-ring (bicyclic) bond motifs is 1. The Kier molecular flexibility index (Phi) is 4.83. The van der Waals surface area contributed by atoms with Crippen molar-refractivity contribution in [3.8, 4) is 0 Å². The van der Waals surface area contributed by atoms with Crippen LogP contribution in [-0.4, -0.2) is 33.0 Å². The van der Waals surface area contributed by atoms with E-state index in [-0.39, 0.29) is 18.1 Å². The Morgan fingerprint density at radius 2 is 1.86 bits per heavy atom. The zero-order valence-corrected chi connectivity index (χ0v) is 13.0. The SMILES string of the molecule is CCCCN(CC)C(=O)Cn1c(=O)n(C)c2ccccc21. The van der Waals surface area contributed by atoms with Crippen LogP contribution in [0, 0.1) is 0 Å². The minimum Gasteiger partial charge on any atom is -0.341 e. The smallest absolute Gasteiger partial charge is 0.329 e. The molecule has 0 aliphatic rings. The molecule has 2 rings (SSSR count). The van der Waals surface area contributed by atoms with Crippen molar-refractivity contribution in [3.05, 3.63) is 34.7 Å². The van der Waals surface area contributed by atoms with Gasteiger partial charge < -0.3 is 4.90 Å². The van der Waals surface area contributed by atoms with Crippen LogP contribution in [0.3, 0.4) is 0 Å². The van der Waals surface area contributed by atoms with Gasteiger partial charge in [-0.25, -0.2) is 4.79 Å². The van der Waals surface area contributed by atoms with Gasteiger partial charge in [0.05, 0.1) is 11.0 Å². The fourth-order valence-electron chi connectivity index (χ4n) is 2.56. The average molecular weight is 289 g/mol. The number of aryl methyl sites for hydroxylation is 1. The van der Waals surface area contributed by atoms with Crippen LogP contribution in [0.15, 0.2) is 29.1 Å². The van der Waals surface area contributed by atoms with Gasteiger partial charge in [0, 0.05) is 20.1 Å². The Hall–Kier alpha value is -2.04. The van der Waals surface area contributed by atoms with Crippen LogP contribution in [0.4, 0.5) is 0 Å². The minimum atomic E-state index is -0.143. The average Bonchev–Trinajstić information content (AvgIpc) is 2.74. The number of hydrogen-bond donors (Lipinski definition) is 0. The molecule has 1 aromatic heterocycles. The Balaban J connectivity index is 2.29. The monoisotopic (exact) mass is 289 g/mol. The molecule has 1 aromatic carbocycles. The van der Waals surface area contributed by atoms with Crippen molar-refractivity contribution >= 4 is 16.9 Å². The fraction of sp³-hybridized carbons (Fsp3) is 0.500. The van der Waals surface area contributed by atoms with Crippen LogP contribution in [0.2, 0.25) is 0 Å². The van der Waals surface area contributed by atoms with Crippen LogP contribution in [0.5, 0.6) is 0 Å². The van der Waals surface area contributed by atoms with Gasteiger partial charge in [-0.15, -0.1) is 0 Å². The highest BCUT2D eigenvalue weighted by Gasteiger charge is 2.16. The maximum atomic E-state index is 12.4. The lowest BCUT2D eigenvalue weighted by Gasteiger charge is -2.20. The number of benzene rings is 1. The van der Waals surface area contributed by atoms with Crippen molar-refractivity contribution in [2.45, 2.75) is 33.2 Å². The van der Waals surface area contributed by atoms with E-state index in [2.05, 4.69) is 6.92 Å². The summed E-state index contributed by atoms with van der Waals surface area (Å²) >= 11 is 0. The van der Waals surface area contributed by atoms with Gasteiger partial charge in [0.25, 0.3) is 0 Å². The van der Waals surface area contributed by atoms with E-state index in [4.69, 9.17) is 0 Å². The van der Waals surface area contributed by atoms with E-state index < -0.39 is 0 Å². The Bertz CT molecular complexity index is 684. The van der Waals surface area contributed by atoms with Crippen LogP contribution >= 0.6 is 0 Å². The topological polar surface area (TPSA) is 47.2 Å². The molecule has 0 saturated heterocycles. The van der Waals surface area contributed by atoms with Gasteiger partial charge in [0.2, 0.25) is 5.91 Å². The largest absolute Gasteiger partial charge is 0.341 e. The third-order valence-electron chi connectivity index (χ3n) is 3.86. The van der Waals surface area contributed by atoms with E-state index in [1.807, 2.05) is 36.1 Å². The summed E-state index contributed by atoms with van der Waals surface area (Å²) < 4.78 is 3.15. The predicted octanol–water partition coefficient (Wildman–Crippen LogP) is 1.99. The van der Waals surface area contributed by atoms with Crippen molar-refractivity contribution in [3.63, 3.8) is 0 Å². The van der Waals surface area contributed by atoms with Gasteiger partial charge in [-0.3, -0.25) is 13.9 Å². The number of carbonyl (C=O) groups is 1. The van der Waals surface area contributed by atoms with Gasteiger partial charge in [0.15, 0.2) is 0 Å². The number of amides is 1. The number of nitrogens with zero attached hydrogens (tertiary/aromatic N) is 3. The molecule has 0 fully saturated rings. The zero-order valence-electron chi connectivity index (χ0n) is 13.0. The summed E-state index contributed by atoms with van der Waals surface area (Å²) in [6.45, 7) is 5.62. The Morgan fingerprint density at radius 3 is 2.48 bits per heavy atom. The van der Waals surface area contributed by atoms with Gasteiger partial charge >= 0.3 is 5.69 Å². The molecule has 1 amide bonds. The Morgan fingerprint density at radius 1 is 1.19 bits per heavy atom. The second kappa shape index (κ2) is 6.61. The zero-order chi connectivity index (χ0) is 15.4. The van der Waals surface area contributed by atoms with E-state index in [1.165, 1.54) is 0 Å². The van der Waals surface area contributed by atoms with Crippen LogP contribution in [0.1, 0.15) is 26.7 Å². The third kappa shape index (κ3) is 3.01. The summed E-state index contributed by atoms with van der Waals surface area (Å²) in [6.07, 6.45) is 2.04. The summed E-state index contributed by atoms with van der Waals surface area (Å²) in [4.78, 5) is 26.5. The third-order valence-corrected chi connectivity index (χ3v) is 3.86. The maximum Gasteiger partial charge on any atom is 0.329 e. The standard InChI is InChI=1S/C16H23N3O2/c1-4-6-11-18(5-2)15(20)12-19-14-10-8-7-9-13(14)17(3)16(19)21/h7-10H,4-6,11-12H2,1-3H3. The van der Waals surface area contributed by atoms with Crippen LogP contribution < -0.4 is 5.69 Å². The normalized spacial score (nSPS) is 11.0. The minimum absolute atomic E-state index is 0.00408. The van der Waals surface area contributed by atoms with Crippen molar-refractivity contribution < 1.29 is 4.79 Å². The lowest BCUT2D eigenvalue weighted by atomic mass is 10.3. The molecule has 0 bridgehead atoms. The number of para-hydroxylation sites is 2. The Labute approximate surface area is 124 Å². The molecule has 114 valence electrons. The highest BCUT2D eigenvalue weighted by molar-refractivity contribution is 5.81.